The molecule has 1 aliphatic heterocycles. The van der Waals surface area contributed by atoms with E-state index in [0.29, 0.717) is 21.8 Å². The number of benzene rings is 1. The molecule has 0 radical (unpaired) electrons. The average Bonchev–Trinajstić information content (AvgIpc) is 2.43. The van der Waals surface area contributed by atoms with Crippen LogP contribution in [0, 0.1) is 11.3 Å². The molecule has 2 rings (SSSR count). The highest BCUT2D eigenvalue weighted by molar-refractivity contribution is 6.12. The minimum absolute atomic E-state index is 0.448. The molecule has 0 unspecified atom stereocenters. The SMILES string of the molecule is N#Cc1ccc2c(c1)ON(Cl)O2. The van der Waals surface area contributed by atoms with Crippen molar-refractivity contribution >= 4 is 11.8 Å². The molecule has 0 saturated heterocycles. The number of hydrogen-bond acceptors (Lipinski definition) is 4. The van der Waals surface area contributed by atoms with Gasteiger partial charge >= 0.3 is 0 Å². The number of halogens is 1. The Labute approximate surface area is 73.5 Å². The van der Waals surface area contributed by atoms with Crippen molar-refractivity contribution in [3.05, 3.63) is 23.8 Å². The maximum absolute atomic E-state index is 8.54. The van der Waals surface area contributed by atoms with Gasteiger partial charge in [0.25, 0.3) is 0 Å². The summed E-state index contributed by atoms with van der Waals surface area (Å²) in [6.45, 7) is 0. The van der Waals surface area contributed by atoms with Crippen LogP contribution in [0.2, 0.25) is 0 Å². The normalized spacial score (nSPS) is 14.3. The molecule has 1 aliphatic rings. The van der Waals surface area contributed by atoms with E-state index in [9.17, 15) is 0 Å². The van der Waals surface area contributed by atoms with Gasteiger partial charge in [0.15, 0.2) is 11.5 Å². The van der Waals surface area contributed by atoms with E-state index in [-0.39, 0.29) is 0 Å². The number of fused-ring (bicyclic) bond motifs is 1. The predicted octanol–water partition coefficient (Wildman–Crippen LogP) is 1.62. The van der Waals surface area contributed by atoms with Gasteiger partial charge in [-0.05, 0) is 12.1 Å². The average molecular weight is 183 g/mol. The van der Waals surface area contributed by atoms with E-state index in [0.717, 1.165) is 0 Å². The van der Waals surface area contributed by atoms with Crippen LogP contribution in [0.5, 0.6) is 11.5 Å². The van der Waals surface area contributed by atoms with Crippen LogP contribution in [0.15, 0.2) is 18.2 Å². The second kappa shape index (κ2) is 2.55. The first-order valence-corrected chi connectivity index (χ1v) is 3.49. The van der Waals surface area contributed by atoms with Crippen LogP contribution in [0.4, 0.5) is 0 Å². The van der Waals surface area contributed by atoms with Gasteiger partial charge in [-0.2, -0.15) is 5.26 Å². The molecule has 12 heavy (non-hydrogen) atoms. The Morgan fingerprint density at radius 2 is 2.08 bits per heavy atom. The first kappa shape index (κ1) is 7.22. The van der Waals surface area contributed by atoms with Crippen LogP contribution in [0.25, 0.3) is 0 Å². The highest BCUT2D eigenvalue weighted by Gasteiger charge is 2.21. The molecule has 0 aromatic heterocycles. The fourth-order valence-electron chi connectivity index (χ4n) is 0.898. The first-order chi connectivity index (χ1) is 5.79. The maximum Gasteiger partial charge on any atom is 0.199 e. The minimum atomic E-state index is 0.448. The Bertz CT molecular complexity index is 361. The fraction of sp³-hybridized carbons (Fsp3) is 0. The van der Waals surface area contributed by atoms with E-state index in [4.69, 9.17) is 26.7 Å². The summed E-state index contributed by atoms with van der Waals surface area (Å²) < 4.78 is 0.714. The molecule has 0 atom stereocenters. The minimum Gasteiger partial charge on any atom is -0.353 e. The van der Waals surface area contributed by atoms with Gasteiger partial charge in [-0.3, -0.25) is 0 Å². The van der Waals surface area contributed by atoms with Crippen LogP contribution >= 0.6 is 11.8 Å². The smallest absolute Gasteiger partial charge is 0.199 e. The van der Waals surface area contributed by atoms with Gasteiger partial charge < -0.3 is 9.68 Å². The van der Waals surface area contributed by atoms with Crippen molar-refractivity contribution in [2.24, 2.45) is 0 Å². The maximum atomic E-state index is 8.54. The van der Waals surface area contributed by atoms with Gasteiger partial charge in [0, 0.05) is 6.07 Å². The molecule has 4 nitrogen and oxygen atoms in total. The standard InChI is InChI=1S/C7H3ClN2O2/c8-10-11-6-2-1-5(4-9)3-7(6)12-10/h1-3H. The van der Waals surface area contributed by atoms with Gasteiger partial charge in [-0.25, -0.2) is 0 Å². The molecule has 1 aromatic carbocycles. The number of nitrogens with zero attached hydrogens (tertiary/aromatic N) is 2. The van der Waals surface area contributed by atoms with E-state index >= 15 is 0 Å². The van der Waals surface area contributed by atoms with Crippen molar-refractivity contribution in [2.75, 3.05) is 0 Å². The fourth-order valence-corrected chi connectivity index (χ4v) is 1.05. The molecule has 0 saturated carbocycles. The summed E-state index contributed by atoms with van der Waals surface area (Å²) in [6.07, 6.45) is 0. The Hall–Kier alpha value is -1.44. The molecule has 0 amide bonds. The molecule has 60 valence electrons. The van der Waals surface area contributed by atoms with Gasteiger partial charge in [0.2, 0.25) is 0 Å². The molecule has 5 heteroatoms. The van der Waals surface area contributed by atoms with Crippen LogP contribution in [-0.4, -0.2) is 4.75 Å². The lowest BCUT2D eigenvalue weighted by Gasteiger charge is -1.97. The van der Waals surface area contributed by atoms with Crippen molar-refractivity contribution in [2.45, 2.75) is 0 Å². The zero-order valence-corrected chi connectivity index (χ0v) is 6.58. The predicted molar refractivity (Wildman–Crippen MR) is 40.1 cm³/mol. The summed E-state index contributed by atoms with van der Waals surface area (Å²) in [5.41, 5.74) is 0.504. The van der Waals surface area contributed by atoms with E-state index < -0.39 is 0 Å². The van der Waals surface area contributed by atoms with E-state index in [1.165, 1.54) is 0 Å². The zero-order valence-electron chi connectivity index (χ0n) is 5.82. The second-order valence-electron chi connectivity index (χ2n) is 2.17. The quantitative estimate of drug-likeness (QED) is 0.572. The number of nitriles is 1. The summed E-state index contributed by atoms with van der Waals surface area (Å²) >= 11 is 5.38. The van der Waals surface area contributed by atoms with Crippen LogP contribution in [-0.2, 0) is 0 Å². The lowest BCUT2D eigenvalue weighted by atomic mass is 10.2. The third kappa shape index (κ3) is 1.05. The van der Waals surface area contributed by atoms with E-state index in [2.05, 4.69) is 0 Å². The van der Waals surface area contributed by atoms with Crippen LogP contribution in [0.3, 0.4) is 0 Å². The molecule has 1 aromatic rings. The number of rotatable bonds is 0. The van der Waals surface area contributed by atoms with Crippen LogP contribution < -0.4 is 9.68 Å². The van der Waals surface area contributed by atoms with E-state index in [1.54, 1.807) is 18.2 Å². The summed E-state index contributed by atoms with van der Waals surface area (Å²) in [7, 11) is 0. The Balaban J connectivity index is 2.44. The highest BCUT2D eigenvalue weighted by Crippen LogP contribution is 2.35. The Morgan fingerprint density at radius 3 is 2.83 bits per heavy atom. The molecule has 0 N–H and O–H groups in total. The van der Waals surface area contributed by atoms with Gasteiger partial charge in [0.1, 0.15) is 4.75 Å². The Morgan fingerprint density at radius 1 is 1.33 bits per heavy atom. The zero-order chi connectivity index (χ0) is 8.55. The van der Waals surface area contributed by atoms with Crippen molar-refractivity contribution in [1.29, 1.82) is 5.26 Å². The summed E-state index contributed by atoms with van der Waals surface area (Å²) in [5.74, 6) is 0.952. The third-order valence-electron chi connectivity index (χ3n) is 1.41. The summed E-state index contributed by atoms with van der Waals surface area (Å²) in [5, 5.41) is 8.54. The van der Waals surface area contributed by atoms with Crippen molar-refractivity contribution < 1.29 is 9.68 Å². The largest absolute Gasteiger partial charge is 0.353 e. The molecule has 0 spiro atoms. The highest BCUT2D eigenvalue weighted by atomic mass is 35.5. The number of hydrogen-bond donors (Lipinski definition) is 0. The van der Waals surface area contributed by atoms with Crippen molar-refractivity contribution in [3.8, 4) is 17.6 Å². The van der Waals surface area contributed by atoms with Crippen molar-refractivity contribution in [1.82, 2.24) is 4.75 Å². The topological polar surface area (TPSA) is 45.5 Å². The van der Waals surface area contributed by atoms with E-state index in [1.807, 2.05) is 6.07 Å². The second-order valence-corrected chi connectivity index (χ2v) is 2.44. The van der Waals surface area contributed by atoms with Gasteiger partial charge in [0.05, 0.1) is 23.4 Å². The summed E-state index contributed by atoms with van der Waals surface area (Å²) in [6, 6.07) is 6.77. The molecule has 0 fully saturated rings. The van der Waals surface area contributed by atoms with Crippen molar-refractivity contribution in [3.63, 3.8) is 0 Å². The molecule has 0 aliphatic carbocycles. The molecular weight excluding hydrogens is 180 g/mol. The first-order valence-electron chi connectivity index (χ1n) is 3.15. The lowest BCUT2D eigenvalue weighted by molar-refractivity contribution is -0.138. The molecule has 0 bridgehead atoms. The third-order valence-corrected chi connectivity index (χ3v) is 1.55. The lowest BCUT2D eigenvalue weighted by Crippen LogP contribution is -2.12. The van der Waals surface area contributed by atoms with Gasteiger partial charge in [-0.15, -0.1) is 0 Å². The van der Waals surface area contributed by atoms with Crippen LogP contribution in [0.1, 0.15) is 5.56 Å². The molecular formula is C7H3ClN2O2. The van der Waals surface area contributed by atoms with Gasteiger partial charge in [-0.1, -0.05) is 0 Å². The Kier molecular flexibility index (Phi) is 1.54. The molecule has 1 heterocycles. The summed E-state index contributed by atoms with van der Waals surface area (Å²) in [4.78, 5) is 9.75. The monoisotopic (exact) mass is 182 g/mol.